The van der Waals surface area contributed by atoms with E-state index >= 15 is 0 Å². The summed E-state index contributed by atoms with van der Waals surface area (Å²) < 4.78 is 0. The molecule has 0 radical (unpaired) electrons. The van der Waals surface area contributed by atoms with Gasteiger partial charge in [-0.25, -0.2) is 0 Å². The topological polar surface area (TPSA) is 75.4 Å². The number of aliphatic hydroxyl groups is 1. The molecule has 0 spiro atoms. The lowest BCUT2D eigenvalue weighted by Crippen LogP contribution is -2.50. The molecule has 2 fully saturated rings. The van der Waals surface area contributed by atoms with E-state index in [2.05, 4.69) is 5.32 Å². The SMILES string of the molecule is NCC1(C(=O)NC2CC(O)C2)CC1. The summed E-state index contributed by atoms with van der Waals surface area (Å²) in [5.74, 6) is 0.0897. The molecule has 0 saturated heterocycles. The molecule has 74 valence electrons. The maximum atomic E-state index is 11.6. The van der Waals surface area contributed by atoms with Crippen LogP contribution in [0.25, 0.3) is 0 Å². The van der Waals surface area contributed by atoms with Gasteiger partial charge in [-0.05, 0) is 25.7 Å². The lowest BCUT2D eigenvalue weighted by Gasteiger charge is -2.33. The van der Waals surface area contributed by atoms with Crippen molar-refractivity contribution in [2.75, 3.05) is 6.54 Å². The van der Waals surface area contributed by atoms with E-state index in [0.717, 1.165) is 12.8 Å². The maximum absolute atomic E-state index is 11.6. The number of rotatable bonds is 3. The third kappa shape index (κ3) is 1.56. The molecule has 0 aromatic rings. The number of aliphatic hydroxyl groups excluding tert-OH is 1. The van der Waals surface area contributed by atoms with Gasteiger partial charge in [-0.2, -0.15) is 0 Å². The monoisotopic (exact) mass is 184 g/mol. The van der Waals surface area contributed by atoms with Crippen molar-refractivity contribution in [2.45, 2.75) is 37.8 Å². The van der Waals surface area contributed by atoms with Crippen LogP contribution in [0.5, 0.6) is 0 Å². The van der Waals surface area contributed by atoms with Crippen molar-refractivity contribution in [1.29, 1.82) is 0 Å². The van der Waals surface area contributed by atoms with Gasteiger partial charge in [0.25, 0.3) is 0 Å². The molecule has 4 N–H and O–H groups in total. The maximum Gasteiger partial charge on any atom is 0.227 e. The molecule has 2 aliphatic carbocycles. The number of amides is 1. The van der Waals surface area contributed by atoms with E-state index in [9.17, 15) is 4.79 Å². The van der Waals surface area contributed by atoms with Gasteiger partial charge in [-0.1, -0.05) is 0 Å². The van der Waals surface area contributed by atoms with Gasteiger partial charge in [0, 0.05) is 12.6 Å². The van der Waals surface area contributed by atoms with E-state index in [1.807, 2.05) is 0 Å². The molecule has 0 aliphatic heterocycles. The number of hydrogen-bond acceptors (Lipinski definition) is 3. The average molecular weight is 184 g/mol. The molecule has 4 nitrogen and oxygen atoms in total. The van der Waals surface area contributed by atoms with Crippen molar-refractivity contribution in [2.24, 2.45) is 11.1 Å². The molecule has 0 aromatic heterocycles. The zero-order valence-corrected chi connectivity index (χ0v) is 7.62. The van der Waals surface area contributed by atoms with E-state index in [0.29, 0.717) is 19.4 Å². The minimum absolute atomic E-state index is 0.0897. The largest absolute Gasteiger partial charge is 0.393 e. The van der Waals surface area contributed by atoms with E-state index < -0.39 is 0 Å². The Balaban J connectivity index is 1.79. The van der Waals surface area contributed by atoms with Crippen LogP contribution >= 0.6 is 0 Å². The molecule has 0 unspecified atom stereocenters. The van der Waals surface area contributed by atoms with Crippen molar-refractivity contribution < 1.29 is 9.90 Å². The number of nitrogens with two attached hydrogens (primary N) is 1. The van der Waals surface area contributed by atoms with Crippen LogP contribution in [0.2, 0.25) is 0 Å². The zero-order valence-electron chi connectivity index (χ0n) is 7.62. The summed E-state index contributed by atoms with van der Waals surface area (Å²) in [7, 11) is 0. The van der Waals surface area contributed by atoms with Gasteiger partial charge in [0.05, 0.1) is 11.5 Å². The Morgan fingerprint density at radius 2 is 2.15 bits per heavy atom. The third-order valence-corrected chi connectivity index (χ3v) is 3.17. The first-order valence-electron chi connectivity index (χ1n) is 4.85. The summed E-state index contributed by atoms with van der Waals surface area (Å²) in [4.78, 5) is 11.6. The van der Waals surface area contributed by atoms with E-state index in [4.69, 9.17) is 10.8 Å². The molecule has 4 heteroatoms. The van der Waals surface area contributed by atoms with Gasteiger partial charge < -0.3 is 16.2 Å². The van der Waals surface area contributed by atoms with Gasteiger partial charge >= 0.3 is 0 Å². The van der Waals surface area contributed by atoms with Crippen molar-refractivity contribution in [3.8, 4) is 0 Å². The van der Waals surface area contributed by atoms with Crippen molar-refractivity contribution in [3.63, 3.8) is 0 Å². The molecule has 2 aliphatic rings. The molecule has 13 heavy (non-hydrogen) atoms. The summed E-state index contributed by atoms with van der Waals surface area (Å²) in [5.41, 5.74) is 5.27. The first kappa shape index (κ1) is 8.97. The summed E-state index contributed by atoms with van der Waals surface area (Å²) in [6.07, 6.45) is 3.03. The lowest BCUT2D eigenvalue weighted by molar-refractivity contribution is -0.128. The summed E-state index contributed by atoms with van der Waals surface area (Å²) in [6, 6.07) is 0.187. The highest BCUT2D eigenvalue weighted by Crippen LogP contribution is 2.45. The zero-order chi connectivity index (χ0) is 9.47. The number of nitrogens with one attached hydrogen (secondary N) is 1. The van der Waals surface area contributed by atoms with Gasteiger partial charge in [0.15, 0.2) is 0 Å². The summed E-state index contributed by atoms with van der Waals surface area (Å²) in [6.45, 7) is 0.452. The minimum atomic E-state index is -0.249. The van der Waals surface area contributed by atoms with Crippen LogP contribution < -0.4 is 11.1 Å². The van der Waals surface area contributed by atoms with Gasteiger partial charge in [-0.3, -0.25) is 4.79 Å². The summed E-state index contributed by atoms with van der Waals surface area (Å²) >= 11 is 0. The van der Waals surface area contributed by atoms with Crippen LogP contribution in [0.4, 0.5) is 0 Å². The van der Waals surface area contributed by atoms with Gasteiger partial charge in [0.2, 0.25) is 5.91 Å². The van der Waals surface area contributed by atoms with Crippen LogP contribution in [0, 0.1) is 5.41 Å². The van der Waals surface area contributed by atoms with Crippen LogP contribution in [-0.4, -0.2) is 29.7 Å². The van der Waals surface area contributed by atoms with Gasteiger partial charge in [0.1, 0.15) is 0 Å². The quantitative estimate of drug-likeness (QED) is 0.546. The summed E-state index contributed by atoms with van der Waals surface area (Å²) in [5, 5.41) is 12.0. The predicted molar refractivity (Wildman–Crippen MR) is 47.9 cm³/mol. The van der Waals surface area contributed by atoms with Crippen molar-refractivity contribution >= 4 is 5.91 Å². The molecule has 0 atom stereocenters. The highest BCUT2D eigenvalue weighted by molar-refractivity contribution is 5.85. The van der Waals surface area contributed by atoms with Crippen LogP contribution in [0.15, 0.2) is 0 Å². The van der Waals surface area contributed by atoms with Gasteiger partial charge in [-0.15, -0.1) is 0 Å². The van der Waals surface area contributed by atoms with Crippen molar-refractivity contribution in [3.05, 3.63) is 0 Å². The number of hydrogen-bond donors (Lipinski definition) is 3. The smallest absolute Gasteiger partial charge is 0.227 e. The first-order valence-corrected chi connectivity index (χ1v) is 4.85. The van der Waals surface area contributed by atoms with E-state index in [-0.39, 0.29) is 23.5 Å². The minimum Gasteiger partial charge on any atom is -0.393 e. The third-order valence-electron chi connectivity index (χ3n) is 3.17. The standard InChI is InChI=1S/C9H16N2O2/c10-5-9(1-2-9)8(13)11-6-3-7(12)4-6/h6-7,12H,1-5,10H2,(H,11,13). The van der Waals surface area contributed by atoms with Crippen molar-refractivity contribution in [1.82, 2.24) is 5.32 Å². The Labute approximate surface area is 77.5 Å². The second-order valence-corrected chi connectivity index (χ2v) is 4.28. The Bertz CT molecular complexity index is 220. The predicted octanol–water partition coefficient (Wildman–Crippen LogP) is -0.635. The van der Waals surface area contributed by atoms with Crippen LogP contribution in [0.1, 0.15) is 25.7 Å². The fourth-order valence-electron chi connectivity index (χ4n) is 1.72. The molecule has 2 rings (SSSR count). The first-order chi connectivity index (χ1) is 6.16. The lowest BCUT2D eigenvalue weighted by atomic mass is 9.89. The Morgan fingerprint density at radius 3 is 2.54 bits per heavy atom. The fourth-order valence-corrected chi connectivity index (χ4v) is 1.72. The Hall–Kier alpha value is -0.610. The van der Waals surface area contributed by atoms with E-state index in [1.165, 1.54) is 0 Å². The van der Waals surface area contributed by atoms with Crippen LogP contribution in [-0.2, 0) is 4.79 Å². The highest BCUT2D eigenvalue weighted by Gasteiger charge is 2.49. The average Bonchev–Trinajstić information content (AvgIpc) is 2.81. The molecule has 1 amide bonds. The Kier molecular flexibility index (Phi) is 2.04. The van der Waals surface area contributed by atoms with Crippen LogP contribution in [0.3, 0.4) is 0 Å². The second-order valence-electron chi connectivity index (χ2n) is 4.28. The fraction of sp³-hybridized carbons (Fsp3) is 0.889. The Morgan fingerprint density at radius 1 is 1.54 bits per heavy atom. The molecule has 0 heterocycles. The van der Waals surface area contributed by atoms with E-state index in [1.54, 1.807) is 0 Å². The normalized spacial score (nSPS) is 34.9. The molecule has 2 saturated carbocycles. The second kappa shape index (κ2) is 2.96. The molecular weight excluding hydrogens is 168 g/mol. The highest BCUT2D eigenvalue weighted by atomic mass is 16.3. The molecule has 0 bridgehead atoms. The number of carbonyl (C=O) groups excluding carboxylic acids is 1. The number of carbonyl (C=O) groups is 1. The molecular formula is C9H16N2O2. The molecule has 0 aromatic carbocycles.